The SMILES string of the molecule is CCCCNC(=O)c1cnc2cccc(C)n2c1=O. The Hall–Kier alpha value is -2.17. The highest BCUT2D eigenvalue weighted by atomic mass is 16.2. The summed E-state index contributed by atoms with van der Waals surface area (Å²) in [6, 6.07) is 5.39. The van der Waals surface area contributed by atoms with E-state index in [1.807, 2.05) is 26.0 Å². The van der Waals surface area contributed by atoms with E-state index >= 15 is 0 Å². The minimum atomic E-state index is -0.358. The van der Waals surface area contributed by atoms with Gasteiger partial charge in [-0.1, -0.05) is 19.4 Å². The molecule has 5 nitrogen and oxygen atoms in total. The van der Waals surface area contributed by atoms with E-state index in [0.29, 0.717) is 12.2 Å². The first-order valence-electron chi connectivity index (χ1n) is 6.40. The zero-order valence-electron chi connectivity index (χ0n) is 11.1. The number of rotatable bonds is 4. The Morgan fingerprint density at radius 1 is 1.42 bits per heavy atom. The predicted octanol–water partition coefficient (Wildman–Crippen LogP) is 1.53. The summed E-state index contributed by atoms with van der Waals surface area (Å²) in [5.41, 5.74) is 1.08. The van der Waals surface area contributed by atoms with Crippen LogP contribution in [-0.2, 0) is 0 Å². The smallest absolute Gasteiger partial charge is 0.270 e. The zero-order chi connectivity index (χ0) is 13.8. The molecular weight excluding hydrogens is 242 g/mol. The average molecular weight is 259 g/mol. The summed E-state index contributed by atoms with van der Waals surface area (Å²) in [6.07, 6.45) is 3.24. The highest BCUT2D eigenvalue weighted by molar-refractivity contribution is 5.93. The van der Waals surface area contributed by atoms with Crippen LogP contribution < -0.4 is 10.9 Å². The molecule has 0 spiro atoms. The number of nitrogens with one attached hydrogen (secondary N) is 1. The number of aromatic nitrogens is 2. The molecule has 2 aromatic heterocycles. The molecule has 0 unspecified atom stereocenters. The third-order valence-electron chi connectivity index (χ3n) is 2.98. The fraction of sp³-hybridized carbons (Fsp3) is 0.357. The number of pyridine rings is 1. The van der Waals surface area contributed by atoms with Crippen LogP contribution in [0, 0.1) is 6.92 Å². The summed E-state index contributed by atoms with van der Waals surface area (Å²) in [5.74, 6) is -0.358. The molecular formula is C14H17N3O2. The maximum Gasteiger partial charge on any atom is 0.270 e. The first-order chi connectivity index (χ1) is 9.15. The number of carbonyl (C=O) groups excluding carboxylic acids is 1. The molecule has 2 heterocycles. The van der Waals surface area contributed by atoms with Crippen molar-refractivity contribution in [2.24, 2.45) is 0 Å². The van der Waals surface area contributed by atoms with Crippen LogP contribution in [0.3, 0.4) is 0 Å². The van der Waals surface area contributed by atoms with Gasteiger partial charge in [0.15, 0.2) is 0 Å². The lowest BCUT2D eigenvalue weighted by molar-refractivity contribution is 0.0951. The molecule has 0 fully saturated rings. The number of carbonyl (C=O) groups is 1. The van der Waals surface area contributed by atoms with Gasteiger partial charge in [0.2, 0.25) is 0 Å². The first-order valence-corrected chi connectivity index (χ1v) is 6.40. The quantitative estimate of drug-likeness (QED) is 0.847. The lowest BCUT2D eigenvalue weighted by Crippen LogP contribution is -2.32. The Balaban J connectivity index is 2.40. The van der Waals surface area contributed by atoms with Gasteiger partial charge in [-0.3, -0.25) is 14.0 Å². The van der Waals surface area contributed by atoms with Gasteiger partial charge in [-0.05, 0) is 25.5 Å². The predicted molar refractivity (Wildman–Crippen MR) is 73.4 cm³/mol. The summed E-state index contributed by atoms with van der Waals surface area (Å²) in [4.78, 5) is 28.4. The van der Waals surface area contributed by atoms with Crippen LogP contribution in [-0.4, -0.2) is 21.8 Å². The van der Waals surface area contributed by atoms with Crippen molar-refractivity contribution in [1.29, 1.82) is 0 Å². The van der Waals surface area contributed by atoms with E-state index in [2.05, 4.69) is 10.3 Å². The second-order valence-electron chi connectivity index (χ2n) is 4.45. The molecule has 0 aromatic carbocycles. The zero-order valence-corrected chi connectivity index (χ0v) is 11.1. The van der Waals surface area contributed by atoms with E-state index in [9.17, 15) is 9.59 Å². The Morgan fingerprint density at radius 2 is 2.21 bits per heavy atom. The van der Waals surface area contributed by atoms with E-state index in [-0.39, 0.29) is 17.0 Å². The molecule has 100 valence electrons. The van der Waals surface area contributed by atoms with E-state index < -0.39 is 0 Å². The van der Waals surface area contributed by atoms with Gasteiger partial charge in [0, 0.05) is 18.4 Å². The largest absolute Gasteiger partial charge is 0.352 e. The highest BCUT2D eigenvalue weighted by Crippen LogP contribution is 2.02. The number of amides is 1. The van der Waals surface area contributed by atoms with Gasteiger partial charge < -0.3 is 5.32 Å². The van der Waals surface area contributed by atoms with E-state index in [1.54, 1.807) is 6.07 Å². The number of aryl methyl sites for hydroxylation is 1. The molecule has 2 aromatic rings. The van der Waals surface area contributed by atoms with Crippen LogP contribution in [0.1, 0.15) is 35.8 Å². The fourth-order valence-corrected chi connectivity index (χ4v) is 1.90. The van der Waals surface area contributed by atoms with Crippen molar-refractivity contribution in [1.82, 2.24) is 14.7 Å². The maximum absolute atomic E-state index is 12.3. The molecule has 5 heteroatoms. The van der Waals surface area contributed by atoms with Crippen LogP contribution in [0.4, 0.5) is 0 Å². The lowest BCUT2D eigenvalue weighted by atomic mass is 10.2. The molecule has 19 heavy (non-hydrogen) atoms. The number of unbranched alkanes of at least 4 members (excludes halogenated alkanes) is 1. The summed E-state index contributed by atoms with van der Waals surface area (Å²) >= 11 is 0. The van der Waals surface area contributed by atoms with E-state index in [4.69, 9.17) is 0 Å². The highest BCUT2D eigenvalue weighted by Gasteiger charge is 2.13. The summed E-state index contributed by atoms with van der Waals surface area (Å²) in [7, 11) is 0. The van der Waals surface area contributed by atoms with Crippen molar-refractivity contribution < 1.29 is 4.79 Å². The van der Waals surface area contributed by atoms with Crippen LogP contribution >= 0.6 is 0 Å². The van der Waals surface area contributed by atoms with Gasteiger partial charge in [-0.15, -0.1) is 0 Å². The Bertz CT molecular complexity index is 661. The second kappa shape index (κ2) is 5.65. The molecule has 0 aliphatic heterocycles. The molecule has 2 rings (SSSR count). The number of fused-ring (bicyclic) bond motifs is 1. The normalized spacial score (nSPS) is 10.6. The van der Waals surface area contributed by atoms with Crippen LogP contribution in [0.2, 0.25) is 0 Å². The van der Waals surface area contributed by atoms with Crippen molar-refractivity contribution in [2.45, 2.75) is 26.7 Å². The molecule has 0 saturated heterocycles. The molecule has 0 saturated carbocycles. The second-order valence-corrected chi connectivity index (χ2v) is 4.45. The molecule has 1 N–H and O–H groups in total. The lowest BCUT2D eigenvalue weighted by Gasteiger charge is -2.07. The van der Waals surface area contributed by atoms with Crippen molar-refractivity contribution in [3.8, 4) is 0 Å². The first kappa shape index (κ1) is 13.3. The maximum atomic E-state index is 12.3. The third-order valence-corrected chi connectivity index (χ3v) is 2.98. The number of hydrogen-bond acceptors (Lipinski definition) is 3. The molecule has 0 atom stereocenters. The van der Waals surface area contributed by atoms with Gasteiger partial charge in [-0.2, -0.15) is 0 Å². The van der Waals surface area contributed by atoms with Gasteiger partial charge in [-0.25, -0.2) is 4.98 Å². The molecule has 0 bridgehead atoms. The Morgan fingerprint density at radius 3 is 2.95 bits per heavy atom. The summed E-state index contributed by atoms with van der Waals surface area (Å²) in [5, 5.41) is 2.73. The van der Waals surface area contributed by atoms with Crippen molar-refractivity contribution in [2.75, 3.05) is 6.54 Å². The topological polar surface area (TPSA) is 63.5 Å². The summed E-state index contributed by atoms with van der Waals surface area (Å²) < 4.78 is 1.45. The molecule has 0 aliphatic carbocycles. The Labute approximate surface area is 111 Å². The fourth-order valence-electron chi connectivity index (χ4n) is 1.90. The van der Waals surface area contributed by atoms with Crippen molar-refractivity contribution in [3.63, 3.8) is 0 Å². The van der Waals surface area contributed by atoms with Gasteiger partial charge in [0.1, 0.15) is 11.2 Å². The minimum absolute atomic E-state index is 0.0860. The van der Waals surface area contributed by atoms with E-state index in [0.717, 1.165) is 18.5 Å². The third kappa shape index (κ3) is 2.65. The number of hydrogen-bond donors (Lipinski definition) is 1. The number of nitrogens with zero attached hydrogens (tertiary/aromatic N) is 2. The standard InChI is InChI=1S/C14H17N3O2/c1-3-4-8-15-13(18)11-9-16-12-7-5-6-10(2)17(12)14(11)19/h5-7,9H,3-4,8H2,1-2H3,(H,15,18). The van der Waals surface area contributed by atoms with Crippen LogP contribution in [0.5, 0.6) is 0 Å². The monoisotopic (exact) mass is 259 g/mol. The van der Waals surface area contributed by atoms with Crippen molar-refractivity contribution >= 4 is 11.6 Å². The minimum Gasteiger partial charge on any atom is -0.352 e. The van der Waals surface area contributed by atoms with Gasteiger partial charge in [0.25, 0.3) is 11.5 Å². The summed E-state index contributed by atoms with van der Waals surface area (Å²) in [6.45, 7) is 4.43. The Kier molecular flexibility index (Phi) is 3.94. The van der Waals surface area contributed by atoms with Gasteiger partial charge in [0.05, 0.1) is 0 Å². The molecule has 0 radical (unpaired) electrons. The van der Waals surface area contributed by atoms with Gasteiger partial charge >= 0.3 is 0 Å². The van der Waals surface area contributed by atoms with Crippen molar-refractivity contribution in [3.05, 3.63) is 46.0 Å². The van der Waals surface area contributed by atoms with Crippen LogP contribution in [0.25, 0.3) is 5.65 Å². The molecule has 0 aliphatic rings. The van der Waals surface area contributed by atoms with E-state index in [1.165, 1.54) is 10.6 Å². The average Bonchev–Trinajstić information content (AvgIpc) is 2.39. The van der Waals surface area contributed by atoms with Crippen LogP contribution in [0.15, 0.2) is 29.2 Å². The molecule has 1 amide bonds.